The second-order valence-corrected chi connectivity index (χ2v) is 9.98. The molecule has 2 aliphatic rings. The van der Waals surface area contributed by atoms with Gasteiger partial charge in [-0.05, 0) is 58.1 Å². The first-order valence-corrected chi connectivity index (χ1v) is 12.5. The van der Waals surface area contributed by atoms with Crippen molar-refractivity contribution in [2.24, 2.45) is 5.92 Å². The van der Waals surface area contributed by atoms with Gasteiger partial charge >= 0.3 is 0 Å². The number of ether oxygens (including phenoxy) is 1. The summed E-state index contributed by atoms with van der Waals surface area (Å²) in [7, 11) is 0. The van der Waals surface area contributed by atoms with E-state index in [1.54, 1.807) is 0 Å². The Labute approximate surface area is 205 Å². The van der Waals surface area contributed by atoms with Crippen LogP contribution in [0.3, 0.4) is 0 Å². The molecular weight excluding hydrogens is 442 g/mol. The number of aryl methyl sites for hydroxylation is 2. The zero-order chi connectivity index (χ0) is 24.7. The third-order valence-corrected chi connectivity index (χ3v) is 7.09. The average molecular weight is 476 g/mol. The standard InChI is InChI=1S/C27H33N5O3/c1-5-22(33)32-12-19(11-16(32)3)31-27(34)23-17(4)30-26-24(28-14-29-25(23)26)20-10-15(2)6-9-21(20)35-13-18-7-8-18/h6,9-10,14,16,18-19,30H,5,7-8,11-13H2,1-4H3,(H,31,34)/t16-,19-/m0/s1. The van der Waals surface area contributed by atoms with Gasteiger partial charge in [0.1, 0.15) is 23.3 Å². The molecule has 0 spiro atoms. The van der Waals surface area contributed by atoms with Gasteiger partial charge in [-0.1, -0.05) is 18.6 Å². The maximum atomic E-state index is 13.4. The van der Waals surface area contributed by atoms with E-state index in [-0.39, 0.29) is 23.9 Å². The number of carbonyl (C=O) groups is 2. The minimum absolute atomic E-state index is 0.0853. The molecule has 35 heavy (non-hydrogen) atoms. The lowest BCUT2D eigenvalue weighted by Gasteiger charge is -2.20. The van der Waals surface area contributed by atoms with Gasteiger partial charge in [0.15, 0.2) is 0 Å². The fourth-order valence-electron chi connectivity index (χ4n) is 4.99. The predicted molar refractivity (Wildman–Crippen MR) is 134 cm³/mol. The molecule has 2 fully saturated rings. The highest BCUT2D eigenvalue weighted by atomic mass is 16.5. The summed E-state index contributed by atoms with van der Waals surface area (Å²) in [6.07, 6.45) is 5.16. The number of aromatic amines is 1. The van der Waals surface area contributed by atoms with Crippen molar-refractivity contribution in [1.29, 1.82) is 0 Å². The Balaban J connectivity index is 1.45. The molecule has 1 saturated heterocycles. The summed E-state index contributed by atoms with van der Waals surface area (Å²) < 4.78 is 6.16. The second-order valence-electron chi connectivity index (χ2n) is 9.98. The first-order chi connectivity index (χ1) is 16.9. The van der Waals surface area contributed by atoms with Gasteiger partial charge < -0.3 is 19.9 Å². The van der Waals surface area contributed by atoms with Crippen molar-refractivity contribution >= 4 is 22.8 Å². The van der Waals surface area contributed by atoms with Gasteiger partial charge in [-0.3, -0.25) is 9.59 Å². The molecule has 0 bridgehead atoms. The molecule has 184 valence electrons. The van der Waals surface area contributed by atoms with Crippen molar-refractivity contribution in [1.82, 2.24) is 25.2 Å². The summed E-state index contributed by atoms with van der Waals surface area (Å²) in [4.78, 5) is 39.9. The number of benzene rings is 1. The van der Waals surface area contributed by atoms with E-state index < -0.39 is 0 Å². The average Bonchev–Trinajstić information content (AvgIpc) is 3.50. The highest BCUT2D eigenvalue weighted by molar-refractivity contribution is 6.09. The molecule has 5 rings (SSSR count). The lowest BCUT2D eigenvalue weighted by molar-refractivity contribution is -0.131. The van der Waals surface area contributed by atoms with Crippen LogP contribution in [-0.4, -0.2) is 56.9 Å². The van der Waals surface area contributed by atoms with Crippen molar-refractivity contribution in [3.63, 3.8) is 0 Å². The number of hydrogen-bond acceptors (Lipinski definition) is 5. The summed E-state index contributed by atoms with van der Waals surface area (Å²) in [5.74, 6) is 1.37. The van der Waals surface area contributed by atoms with Crippen LogP contribution in [0.5, 0.6) is 5.75 Å². The lowest BCUT2D eigenvalue weighted by Crippen LogP contribution is -2.39. The summed E-state index contributed by atoms with van der Waals surface area (Å²) in [6, 6.07) is 6.13. The van der Waals surface area contributed by atoms with E-state index >= 15 is 0 Å². The van der Waals surface area contributed by atoms with Crippen LogP contribution in [0.1, 0.15) is 61.1 Å². The minimum atomic E-state index is -0.184. The molecule has 8 heteroatoms. The first-order valence-electron chi connectivity index (χ1n) is 12.5. The van der Waals surface area contributed by atoms with Crippen molar-refractivity contribution in [2.75, 3.05) is 13.2 Å². The molecule has 2 amide bonds. The number of nitrogens with one attached hydrogen (secondary N) is 2. The number of hydrogen-bond donors (Lipinski definition) is 2. The van der Waals surface area contributed by atoms with Crippen LogP contribution < -0.4 is 10.1 Å². The molecule has 1 aliphatic heterocycles. The van der Waals surface area contributed by atoms with Gasteiger partial charge in [0.05, 0.1) is 17.7 Å². The lowest BCUT2D eigenvalue weighted by atomic mass is 10.1. The quantitative estimate of drug-likeness (QED) is 0.534. The molecule has 8 nitrogen and oxygen atoms in total. The maximum Gasteiger partial charge on any atom is 0.255 e. The third kappa shape index (κ3) is 4.61. The number of aromatic nitrogens is 3. The number of fused-ring (bicyclic) bond motifs is 1. The molecule has 3 heterocycles. The number of carbonyl (C=O) groups excluding carboxylic acids is 2. The maximum absolute atomic E-state index is 13.4. The zero-order valence-electron chi connectivity index (χ0n) is 20.9. The Hall–Kier alpha value is -3.42. The first kappa shape index (κ1) is 23.3. The topological polar surface area (TPSA) is 100 Å². The van der Waals surface area contributed by atoms with Crippen molar-refractivity contribution in [2.45, 2.75) is 65.5 Å². The molecule has 1 aliphatic carbocycles. The number of amides is 2. The van der Waals surface area contributed by atoms with Gasteiger partial charge in [-0.15, -0.1) is 0 Å². The van der Waals surface area contributed by atoms with Crippen molar-refractivity contribution in [3.8, 4) is 17.0 Å². The Morgan fingerprint density at radius 3 is 2.77 bits per heavy atom. The normalized spacial score (nSPS) is 19.8. The monoisotopic (exact) mass is 475 g/mol. The summed E-state index contributed by atoms with van der Waals surface area (Å²) >= 11 is 0. The molecule has 0 unspecified atom stereocenters. The van der Waals surface area contributed by atoms with Crippen LogP contribution in [0.25, 0.3) is 22.3 Å². The third-order valence-electron chi connectivity index (χ3n) is 7.09. The Kier molecular flexibility index (Phi) is 6.21. The van der Waals surface area contributed by atoms with Crippen LogP contribution in [-0.2, 0) is 4.79 Å². The van der Waals surface area contributed by atoms with Crippen molar-refractivity contribution in [3.05, 3.63) is 41.3 Å². The fourth-order valence-corrected chi connectivity index (χ4v) is 4.99. The highest BCUT2D eigenvalue weighted by Crippen LogP contribution is 2.37. The van der Waals surface area contributed by atoms with E-state index in [0.717, 1.165) is 40.2 Å². The van der Waals surface area contributed by atoms with Crippen LogP contribution in [0.15, 0.2) is 24.5 Å². The smallest absolute Gasteiger partial charge is 0.255 e. The zero-order valence-corrected chi connectivity index (χ0v) is 20.9. The van der Waals surface area contributed by atoms with E-state index in [9.17, 15) is 9.59 Å². The molecule has 1 aromatic carbocycles. The van der Waals surface area contributed by atoms with E-state index in [0.29, 0.717) is 36.6 Å². The summed E-state index contributed by atoms with van der Waals surface area (Å²) in [5, 5.41) is 3.14. The van der Waals surface area contributed by atoms with Gasteiger partial charge in [0.2, 0.25) is 5.91 Å². The number of H-pyrrole nitrogens is 1. The molecule has 1 saturated carbocycles. The summed E-state index contributed by atoms with van der Waals surface area (Å²) in [6.45, 7) is 9.06. The van der Waals surface area contributed by atoms with E-state index in [2.05, 4.69) is 26.3 Å². The van der Waals surface area contributed by atoms with Gasteiger partial charge in [0.25, 0.3) is 5.91 Å². The second kappa shape index (κ2) is 9.32. The van der Waals surface area contributed by atoms with Gasteiger partial charge in [-0.2, -0.15) is 0 Å². The minimum Gasteiger partial charge on any atom is -0.493 e. The van der Waals surface area contributed by atoms with Crippen LogP contribution >= 0.6 is 0 Å². The molecular formula is C27H33N5O3. The highest BCUT2D eigenvalue weighted by Gasteiger charge is 2.33. The van der Waals surface area contributed by atoms with Crippen LogP contribution in [0, 0.1) is 19.8 Å². The molecule has 0 radical (unpaired) electrons. The van der Waals surface area contributed by atoms with Crippen LogP contribution in [0.2, 0.25) is 0 Å². The Bertz CT molecular complexity index is 1280. The molecule has 2 N–H and O–H groups in total. The molecule has 2 aromatic heterocycles. The molecule has 3 aromatic rings. The van der Waals surface area contributed by atoms with E-state index in [1.807, 2.05) is 44.7 Å². The van der Waals surface area contributed by atoms with Gasteiger partial charge in [-0.25, -0.2) is 9.97 Å². The van der Waals surface area contributed by atoms with E-state index in [1.165, 1.54) is 19.2 Å². The van der Waals surface area contributed by atoms with Crippen LogP contribution in [0.4, 0.5) is 0 Å². The number of rotatable bonds is 7. The summed E-state index contributed by atoms with van der Waals surface area (Å²) in [5.41, 5.74) is 5.29. The number of nitrogens with zero attached hydrogens (tertiary/aromatic N) is 3. The SMILES string of the molecule is CCC(=O)N1C[C@@H](NC(=O)c2c(C)[nH]c3c(-c4cc(C)ccc4OCC4CC4)ncnc23)C[C@@H]1C. The molecule has 2 atom stereocenters. The Morgan fingerprint density at radius 1 is 1.23 bits per heavy atom. The largest absolute Gasteiger partial charge is 0.493 e. The predicted octanol–water partition coefficient (Wildman–Crippen LogP) is 4.16. The number of likely N-dealkylation sites (tertiary alicyclic amines) is 1. The fraction of sp³-hybridized carbons (Fsp3) is 0.481. The van der Waals surface area contributed by atoms with Crippen molar-refractivity contribution < 1.29 is 14.3 Å². The Morgan fingerprint density at radius 2 is 2.03 bits per heavy atom. The van der Waals surface area contributed by atoms with E-state index in [4.69, 9.17) is 4.74 Å². The van der Waals surface area contributed by atoms with Gasteiger partial charge in [0, 0.05) is 36.3 Å².